The normalized spacial score (nSPS) is 37.1. The Bertz CT molecular complexity index is 210. The Labute approximate surface area is 80.8 Å². The van der Waals surface area contributed by atoms with Crippen molar-refractivity contribution in [1.29, 1.82) is 0 Å². The summed E-state index contributed by atoms with van der Waals surface area (Å²) in [5.74, 6) is 0. The van der Waals surface area contributed by atoms with Gasteiger partial charge in [0.25, 0.3) is 0 Å². The molecule has 1 heterocycles. The summed E-state index contributed by atoms with van der Waals surface area (Å²) in [4.78, 5) is 10.6. The summed E-state index contributed by atoms with van der Waals surface area (Å²) in [5, 5.41) is 20.7. The lowest BCUT2D eigenvalue weighted by Crippen LogP contribution is -2.50. The van der Waals surface area contributed by atoms with Crippen LogP contribution in [0, 0.1) is 0 Å². The number of aliphatic hydroxyl groups excluding tert-OH is 2. The molecule has 1 rings (SSSR count). The average molecular weight is 206 g/mol. The van der Waals surface area contributed by atoms with Gasteiger partial charge in [0.05, 0.1) is 12.6 Å². The lowest BCUT2D eigenvalue weighted by molar-refractivity contribution is -0.153. The Hall–Kier alpha value is -0.890. The van der Waals surface area contributed by atoms with Gasteiger partial charge in [0.2, 0.25) is 0 Å². The zero-order valence-electron chi connectivity index (χ0n) is 7.71. The quantitative estimate of drug-likeness (QED) is 0.416. The van der Waals surface area contributed by atoms with Crippen molar-refractivity contribution in [2.45, 2.75) is 24.5 Å². The van der Waals surface area contributed by atoms with E-state index in [1.807, 2.05) is 0 Å². The Morgan fingerprint density at radius 1 is 1.71 bits per heavy atom. The molecule has 1 fully saturated rings. The number of carbonyl (C=O) groups is 1. The first-order chi connectivity index (χ1) is 6.60. The van der Waals surface area contributed by atoms with Gasteiger partial charge in [-0.1, -0.05) is 0 Å². The molecule has 7 heteroatoms. The second kappa shape index (κ2) is 4.56. The van der Waals surface area contributed by atoms with E-state index in [2.05, 4.69) is 5.32 Å². The number of urea groups is 1. The summed E-state index contributed by atoms with van der Waals surface area (Å²) in [7, 11) is 1.36. The first kappa shape index (κ1) is 11.2. The fourth-order valence-corrected chi connectivity index (χ4v) is 1.42. The molecule has 0 radical (unpaired) electrons. The van der Waals surface area contributed by atoms with Crippen LogP contribution in [0.2, 0.25) is 0 Å². The van der Waals surface area contributed by atoms with E-state index in [-0.39, 0.29) is 6.61 Å². The summed E-state index contributed by atoms with van der Waals surface area (Å²) in [6.07, 6.45) is -2.60. The van der Waals surface area contributed by atoms with Gasteiger partial charge in [0.1, 0.15) is 12.2 Å². The van der Waals surface area contributed by atoms with Crippen LogP contribution < -0.4 is 11.1 Å². The molecular formula is C7H14N2O5. The summed E-state index contributed by atoms with van der Waals surface area (Å²) in [6.45, 7) is -0.331. The van der Waals surface area contributed by atoms with Crippen LogP contribution in [0.1, 0.15) is 0 Å². The number of methoxy groups -OCH3 is 1. The number of primary amides is 1. The highest BCUT2D eigenvalue weighted by Crippen LogP contribution is 2.21. The van der Waals surface area contributed by atoms with E-state index in [4.69, 9.17) is 20.3 Å². The number of rotatable bonds is 3. The zero-order valence-corrected chi connectivity index (χ0v) is 7.71. The van der Waals surface area contributed by atoms with Crippen LogP contribution in [0.5, 0.6) is 0 Å². The molecular weight excluding hydrogens is 192 g/mol. The minimum Gasteiger partial charge on any atom is -0.394 e. The Morgan fingerprint density at radius 3 is 2.79 bits per heavy atom. The van der Waals surface area contributed by atoms with Crippen LogP contribution in [0.25, 0.3) is 0 Å². The summed E-state index contributed by atoms with van der Waals surface area (Å²) >= 11 is 0. The van der Waals surface area contributed by atoms with E-state index in [0.29, 0.717) is 0 Å². The third-order valence-electron chi connectivity index (χ3n) is 2.08. The van der Waals surface area contributed by atoms with Crippen LogP contribution in [0.4, 0.5) is 4.79 Å². The van der Waals surface area contributed by atoms with Gasteiger partial charge < -0.3 is 30.7 Å². The molecule has 14 heavy (non-hydrogen) atoms. The van der Waals surface area contributed by atoms with Gasteiger partial charge in [-0.15, -0.1) is 0 Å². The van der Waals surface area contributed by atoms with Crippen LogP contribution >= 0.6 is 0 Å². The van der Waals surface area contributed by atoms with E-state index in [9.17, 15) is 9.90 Å². The number of nitrogens with one attached hydrogen (secondary N) is 1. The molecule has 1 aliphatic heterocycles. The molecule has 0 aliphatic carbocycles. The predicted molar refractivity (Wildman–Crippen MR) is 45.3 cm³/mol. The van der Waals surface area contributed by atoms with Crippen molar-refractivity contribution >= 4 is 6.03 Å². The average Bonchev–Trinajstić information content (AvgIpc) is 2.43. The van der Waals surface area contributed by atoms with Gasteiger partial charge in [-0.3, -0.25) is 0 Å². The van der Waals surface area contributed by atoms with E-state index in [1.54, 1.807) is 0 Å². The van der Waals surface area contributed by atoms with Crippen molar-refractivity contribution in [2.75, 3.05) is 13.7 Å². The predicted octanol–water partition coefficient (Wildman–Crippen LogP) is -2.25. The molecule has 4 unspecified atom stereocenters. The molecule has 82 valence electrons. The first-order valence-electron chi connectivity index (χ1n) is 4.13. The van der Waals surface area contributed by atoms with Crippen molar-refractivity contribution in [3.8, 4) is 0 Å². The number of ether oxygens (including phenoxy) is 2. The monoisotopic (exact) mass is 206 g/mol. The van der Waals surface area contributed by atoms with Gasteiger partial charge in [-0.25, -0.2) is 4.79 Å². The number of aliphatic hydroxyl groups is 2. The fourth-order valence-electron chi connectivity index (χ4n) is 1.42. The molecule has 2 amide bonds. The SMILES string of the molecule is COC1OC(CO)C(NC(N)=O)C1O. The maximum Gasteiger partial charge on any atom is 0.312 e. The van der Waals surface area contributed by atoms with Crippen molar-refractivity contribution in [2.24, 2.45) is 5.73 Å². The van der Waals surface area contributed by atoms with Crippen LogP contribution in [0.15, 0.2) is 0 Å². The van der Waals surface area contributed by atoms with Crippen molar-refractivity contribution in [3.05, 3.63) is 0 Å². The van der Waals surface area contributed by atoms with E-state index in [1.165, 1.54) is 7.11 Å². The topological polar surface area (TPSA) is 114 Å². The summed E-state index contributed by atoms with van der Waals surface area (Å²) in [6, 6.07) is -1.53. The van der Waals surface area contributed by atoms with Gasteiger partial charge in [0, 0.05) is 7.11 Å². The molecule has 1 aliphatic rings. The van der Waals surface area contributed by atoms with Crippen LogP contribution in [-0.4, -0.2) is 54.5 Å². The molecule has 0 aromatic rings. The number of carbonyl (C=O) groups excluding carboxylic acids is 1. The van der Waals surface area contributed by atoms with Crippen LogP contribution in [0.3, 0.4) is 0 Å². The van der Waals surface area contributed by atoms with Crippen molar-refractivity contribution in [1.82, 2.24) is 5.32 Å². The highest BCUT2D eigenvalue weighted by atomic mass is 16.7. The standard InChI is InChI=1S/C7H14N2O5/c1-13-6-5(11)4(9-7(8)12)3(2-10)14-6/h3-6,10-11H,2H2,1H3,(H3,8,9,12). The molecule has 0 aromatic carbocycles. The zero-order chi connectivity index (χ0) is 10.7. The molecule has 4 atom stereocenters. The van der Waals surface area contributed by atoms with Crippen molar-refractivity contribution in [3.63, 3.8) is 0 Å². The molecule has 0 aromatic heterocycles. The fraction of sp³-hybridized carbons (Fsp3) is 0.857. The highest BCUT2D eigenvalue weighted by molar-refractivity contribution is 5.72. The van der Waals surface area contributed by atoms with Crippen LogP contribution in [-0.2, 0) is 9.47 Å². The van der Waals surface area contributed by atoms with Gasteiger partial charge in [-0.05, 0) is 0 Å². The summed E-state index contributed by atoms with van der Waals surface area (Å²) < 4.78 is 9.88. The number of hydrogen-bond donors (Lipinski definition) is 4. The first-order valence-corrected chi connectivity index (χ1v) is 4.13. The Morgan fingerprint density at radius 2 is 2.36 bits per heavy atom. The van der Waals surface area contributed by atoms with Gasteiger partial charge in [0.15, 0.2) is 6.29 Å². The second-order valence-corrected chi connectivity index (χ2v) is 2.99. The number of nitrogens with two attached hydrogens (primary N) is 1. The lowest BCUT2D eigenvalue weighted by atomic mass is 10.1. The Balaban J connectivity index is 2.64. The maximum absolute atomic E-state index is 10.6. The third kappa shape index (κ3) is 2.13. The van der Waals surface area contributed by atoms with E-state index in [0.717, 1.165) is 0 Å². The van der Waals surface area contributed by atoms with Gasteiger partial charge >= 0.3 is 6.03 Å². The highest BCUT2D eigenvalue weighted by Gasteiger charge is 2.44. The number of hydrogen-bond acceptors (Lipinski definition) is 5. The minimum atomic E-state index is -1.04. The molecule has 0 spiro atoms. The summed E-state index contributed by atoms with van der Waals surface area (Å²) in [5.41, 5.74) is 4.90. The smallest absolute Gasteiger partial charge is 0.312 e. The molecule has 0 saturated carbocycles. The van der Waals surface area contributed by atoms with Crippen molar-refractivity contribution < 1.29 is 24.5 Å². The Kier molecular flexibility index (Phi) is 3.64. The molecule has 7 nitrogen and oxygen atoms in total. The lowest BCUT2D eigenvalue weighted by Gasteiger charge is -2.18. The largest absolute Gasteiger partial charge is 0.394 e. The molecule has 0 bridgehead atoms. The third-order valence-corrected chi connectivity index (χ3v) is 2.08. The molecule has 5 N–H and O–H groups in total. The number of amides is 2. The van der Waals surface area contributed by atoms with E-state index >= 15 is 0 Å². The maximum atomic E-state index is 10.6. The second-order valence-electron chi connectivity index (χ2n) is 2.99. The minimum absolute atomic E-state index is 0.331. The van der Waals surface area contributed by atoms with E-state index < -0.39 is 30.6 Å². The molecule has 1 saturated heterocycles. The van der Waals surface area contributed by atoms with Gasteiger partial charge in [-0.2, -0.15) is 0 Å².